The lowest BCUT2D eigenvalue weighted by Crippen LogP contribution is -2.05. The van der Waals surface area contributed by atoms with Gasteiger partial charge in [-0.2, -0.15) is 0 Å². The Hall–Kier alpha value is -1.32. The zero-order valence-corrected chi connectivity index (χ0v) is 12.0. The van der Waals surface area contributed by atoms with Crippen molar-refractivity contribution in [3.05, 3.63) is 50.7 Å². The first-order valence-electron chi connectivity index (χ1n) is 5.91. The van der Waals surface area contributed by atoms with E-state index in [9.17, 15) is 5.11 Å². The monoisotopic (exact) mass is 262 g/mol. The Balaban J connectivity index is 2.54. The van der Waals surface area contributed by atoms with Crippen molar-refractivity contribution in [3.8, 4) is 5.75 Å². The van der Waals surface area contributed by atoms with Gasteiger partial charge in [-0.05, 0) is 55.0 Å². The average molecular weight is 262 g/mol. The van der Waals surface area contributed by atoms with Crippen LogP contribution in [-0.2, 0) is 0 Å². The minimum atomic E-state index is -0.611. The molecule has 2 rings (SSSR count). The van der Waals surface area contributed by atoms with E-state index in [1.54, 1.807) is 18.4 Å². The van der Waals surface area contributed by atoms with Crippen LogP contribution in [0.2, 0.25) is 0 Å². The molecule has 2 aromatic rings. The molecular weight excluding hydrogens is 244 g/mol. The van der Waals surface area contributed by atoms with Crippen molar-refractivity contribution < 1.29 is 9.84 Å². The molecule has 1 N–H and O–H groups in total. The van der Waals surface area contributed by atoms with E-state index in [2.05, 4.69) is 6.07 Å². The van der Waals surface area contributed by atoms with Crippen LogP contribution in [0.4, 0.5) is 0 Å². The molecule has 0 saturated heterocycles. The highest BCUT2D eigenvalue weighted by atomic mass is 32.1. The first kappa shape index (κ1) is 13.1. The molecule has 0 fully saturated rings. The number of benzene rings is 1. The molecule has 3 heteroatoms. The van der Waals surface area contributed by atoms with Gasteiger partial charge in [0.05, 0.1) is 7.11 Å². The molecule has 1 aromatic heterocycles. The zero-order chi connectivity index (χ0) is 13.3. The van der Waals surface area contributed by atoms with Crippen LogP contribution in [0.25, 0.3) is 0 Å². The molecule has 0 amide bonds. The van der Waals surface area contributed by atoms with Crippen LogP contribution in [0, 0.1) is 20.8 Å². The summed E-state index contributed by atoms with van der Waals surface area (Å²) in [5, 5.41) is 12.6. The van der Waals surface area contributed by atoms with Crippen LogP contribution >= 0.6 is 11.3 Å². The van der Waals surface area contributed by atoms with Gasteiger partial charge in [0.25, 0.3) is 0 Å². The minimum absolute atomic E-state index is 0.611. The fourth-order valence-electron chi connectivity index (χ4n) is 2.25. The third kappa shape index (κ3) is 2.28. The van der Waals surface area contributed by atoms with E-state index in [1.807, 2.05) is 38.3 Å². The fourth-order valence-corrected chi connectivity index (χ4v) is 3.17. The van der Waals surface area contributed by atoms with E-state index in [0.717, 1.165) is 32.9 Å². The third-order valence-electron chi connectivity index (χ3n) is 3.14. The Kier molecular flexibility index (Phi) is 3.73. The predicted octanol–water partition coefficient (Wildman–Crippen LogP) is 3.76. The van der Waals surface area contributed by atoms with Gasteiger partial charge >= 0.3 is 0 Å². The number of thiophene rings is 1. The van der Waals surface area contributed by atoms with E-state index in [4.69, 9.17) is 4.74 Å². The molecule has 0 spiro atoms. The van der Waals surface area contributed by atoms with Crippen molar-refractivity contribution in [1.82, 2.24) is 0 Å². The number of rotatable bonds is 3. The van der Waals surface area contributed by atoms with Gasteiger partial charge in [-0.25, -0.2) is 0 Å². The van der Waals surface area contributed by atoms with Gasteiger partial charge in [-0.15, -0.1) is 11.3 Å². The smallest absolute Gasteiger partial charge is 0.125 e. The number of ether oxygens (including phenoxy) is 1. The molecule has 2 nitrogen and oxygen atoms in total. The standard InChI is InChI=1S/C15H18O2S/c1-9-7-11(3)13(12(8-9)17-4)14(16)15-10(2)5-6-18-15/h5-8,14,16H,1-4H3. The molecule has 1 atom stereocenters. The molecule has 0 radical (unpaired) electrons. The van der Waals surface area contributed by atoms with Gasteiger partial charge in [0, 0.05) is 10.4 Å². The first-order chi connectivity index (χ1) is 8.54. The summed E-state index contributed by atoms with van der Waals surface area (Å²) >= 11 is 1.58. The summed E-state index contributed by atoms with van der Waals surface area (Å²) in [6, 6.07) is 6.07. The summed E-state index contributed by atoms with van der Waals surface area (Å²) in [6.07, 6.45) is -0.611. The second-order valence-corrected chi connectivity index (χ2v) is 5.52. The molecule has 0 aliphatic heterocycles. The lowest BCUT2D eigenvalue weighted by molar-refractivity contribution is 0.217. The van der Waals surface area contributed by atoms with Crippen LogP contribution in [0.3, 0.4) is 0 Å². The molecule has 1 heterocycles. The topological polar surface area (TPSA) is 29.5 Å². The highest BCUT2D eigenvalue weighted by Gasteiger charge is 2.20. The van der Waals surface area contributed by atoms with E-state index in [-0.39, 0.29) is 0 Å². The van der Waals surface area contributed by atoms with Gasteiger partial charge in [-0.3, -0.25) is 0 Å². The highest BCUT2D eigenvalue weighted by molar-refractivity contribution is 7.10. The largest absolute Gasteiger partial charge is 0.496 e. The Labute approximate surface area is 112 Å². The Morgan fingerprint density at radius 1 is 1.17 bits per heavy atom. The predicted molar refractivity (Wildman–Crippen MR) is 75.6 cm³/mol. The van der Waals surface area contributed by atoms with Crippen molar-refractivity contribution in [2.75, 3.05) is 7.11 Å². The van der Waals surface area contributed by atoms with Crippen molar-refractivity contribution in [2.45, 2.75) is 26.9 Å². The van der Waals surface area contributed by atoms with E-state index in [0.29, 0.717) is 0 Å². The molecule has 0 bridgehead atoms. The van der Waals surface area contributed by atoms with Crippen molar-refractivity contribution in [3.63, 3.8) is 0 Å². The second-order valence-electron chi connectivity index (χ2n) is 4.57. The van der Waals surface area contributed by atoms with Crippen molar-refractivity contribution in [2.24, 2.45) is 0 Å². The van der Waals surface area contributed by atoms with Crippen molar-refractivity contribution in [1.29, 1.82) is 0 Å². The maximum Gasteiger partial charge on any atom is 0.125 e. The molecule has 96 valence electrons. The first-order valence-corrected chi connectivity index (χ1v) is 6.79. The summed E-state index contributed by atoms with van der Waals surface area (Å²) in [5.74, 6) is 0.757. The number of hydrogen-bond acceptors (Lipinski definition) is 3. The van der Waals surface area contributed by atoms with Crippen LogP contribution < -0.4 is 4.74 Å². The molecule has 0 saturated carbocycles. The molecule has 0 aliphatic carbocycles. The van der Waals surface area contributed by atoms with Gasteiger partial charge < -0.3 is 9.84 Å². The molecule has 1 aromatic carbocycles. The summed E-state index contributed by atoms with van der Waals surface area (Å²) in [5.41, 5.74) is 4.19. The molecule has 18 heavy (non-hydrogen) atoms. The number of aliphatic hydroxyl groups is 1. The Bertz CT molecular complexity index is 558. The summed E-state index contributed by atoms with van der Waals surface area (Å²) < 4.78 is 5.41. The summed E-state index contributed by atoms with van der Waals surface area (Å²) in [7, 11) is 1.64. The summed E-state index contributed by atoms with van der Waals surface area (Å²) in [4.78, 5) is 0.986. The van der Waals surface area contributed by atoms with Gasteiger partial charge in [0.15, 0.2) is 0 Å². The van der Waals surface area contributed by atoms with E-state index in [1.165, 1.54) is 0 Å². The van der Waals surface area contributed by atoms with Crippen LogP contribution in [-0.4, -0.2) is 12.2 Å². The minimum Gasteiger partial charge on any atom is -0.496 e. The highest BCUT2D eigenvalue weighted by Crippen LogP contribution is 2.36. The Morgan fingerprint density at radius 3 is 2.44 bits per heavy atom. The number of hydrogen-bond donors (Lipinski definition) is 1. The van der Waals surface area contributed by atoms with Gasteiger partial charge in [-0.1, -0.05) is 6.07 Å². The maximum absolute atomic E-state index is 10.6. The maximum atomic E-state index is 10.6. The van der Waals surface area contributed by atoms with Crippen LogP contribution in [0.5, 0.6) is 5.75 Å². The van der Waals surface area contributed by atoms with E-state index < -0.39 is 6.10 Å². The van der Waals surface area contributed by atoms with E-state index >= 15 is 0 Å². The second kappa shape index (κ2) is 5.12. The average Bonchev–Trinajstić information content (AvgIpc) is 2.73. The molecular formula is C15H18O2S. The quantitative estimate of drug-likeness (QED) is 0.912. The number of aliphatic hydroxyl groups excluding tert-OH is 1. The van der Waals surface area contributed by atoms with Crippen LogP contribution in [0.15, 0.2) is 23.6 Å². The SMILES string of the molecule is COc1cc(C)cc(C)c1C(O)c1sccc1C. The third-order valence-corrected chi connectivity index (χ3v) is 4.21. The van der Waals surface area contributed by atoms with Gasteiger partial charge in [0.1, 0.15) is 11.9 Å². The molecule has 0 aliphatic rings. The fraction of sp³-hybridized carbons (Fsp3) is 0.333. The lowest BCUT2D eigenvalue weighted by atomic mass is 9.97. The lowest BCUT2D eigenvalue weighted by Gasteiger charge is -2.18. The Morgan fingerprint density at radius 2 is 1.89 bits per heavy atom. The van der Waals surface area contributed by atoms with Gasteiger partial charge in [0.2, 0.25) is 0 Å². The number of methoxy groups -OCH3 is 1. The summed E-state index contributed by atoms with van der Waals surface area (Å²) in [6.45, 7) is 6.06. The number of aryl methyl sites for hydroxylation is 3. The molecule has 1 unspecified atom stereocenters. The normalized spacial score (nSPS) is 12.5. The van der Waals surface area contributed by atoms with Crippen molar-refractivity contribution >= 4 is 11.3 Å². The van der Waals surface area contributed by atoms with Crippen LogP contribution in [0.1, 0.15) is 33.2 Å². The zero-order valence-electron chi connectivity index (χ0n) is 11.2.